The normalized spacial score (nSPS) is 13.8. The Bertz CT molecular complexity index is 268. The molecule has 0 rings (SSSR count). The van der Waals surface area contributed by atoms with E-state index in [9.17, 15) is 8.42 Å². The van der Waals surface area contributed by atoms with Crippen molar-refractivity contribution in [2.45, 2.75) is 39.2 Å². The van der Waals surface area contributed by atoms with Gasteiger partial charge in [-0.15, -0.1) is 0 Å². The van der Waals surface area contributed by atoms with Gasteiger partial charge in [-0.25, -0.2) is 13.1 Å². The standard InChI is InChI=1S/C11H26N2O3S/c1-4-7-12-8-5-10-17(14,15)13-11(2)6-9-16-3/h11-13H,4-10H2,1-3H3. The van der Waals surface area contributed by atoms with Crippen molar-refractivity contribution in [3.8, 4) is 0 Å². The van der Waals surface area contributed by atoms with Gasteiger partial charge in [-0.05, 0) is 39.3 Å². The van der Waals surface area contributed by atoms with Crippen LogP contribution in [0.4, 0.5) is 0 Å². The first-order valence-corrected chi connectivity index (χ1v) is 7.86. The van der Waals surface area contributed by atoms with Gasteiger partial charge in [0.05, 0.1) is 5.75 Å². The van der Waals surface area contributed by atoms with Gasteiger partial charge in [0.2, 0.25) is 10.0 Å². The van der Waals surface area contributed by atoms with Crippen LogP contribution in [-0.4, -0.2) is 47.0 Å². The highest BCUT2D eigenvalue weighted by Crippen LogP contribution is 1.96. The fraction of sp³-hybridized carbons (Fsp3) is 1.00. The zero-order valence-electron chi connectivity index (χ0n) is 11.2. The molecule has 0 amide bonds. The molecular formula is C11H26N2O3S. The summed E-state index contributed by atoms with van der Waals surface area (Å²) in [5.41, 5.74) is 0. The van der Waals surface area contributed by atoms with E-state index in [4.69, 9.17) is 4.74 Å². The fourth-order valence-corrected chi connectivity index (χ4v) is 2.78. The van der Waals surface area contributed by atoms with Gasteiger partial charge >= 0.3 is 0 Å². The van der Waals surface area contributed by atoms with Crippen LogP contribution < -0.4 is 10.0 Å². The van der Waals surface area contributed by atoms with E-state index in [1.54, 1.807) is 7.11 Å². The van der Waals surface area contributed by atoms with Gasteiger partial charge in [0.25, 0.3) is 0 Å². The Morgan fingerprint density at radius 1 is 1.29 bits per heavy atom. The maximum Gasteiger partial charge on any atom is 0.211 e. The van der Waals surface area contributed by atoms with Gasteiger partial charge in [0, 0.05) is 19.8 Å². The van der Waals surface area contributed by atoms with Gasteiger partial charge in [0.15, 0.2) is 0 Å². The molecule has 0 aromatic rings. The molecule has 1 atom stereocenters. The molecule has 0 aromatic carbocycles. The summed E-state index contributed by atoms with van der Waals surface area (Å²) in [7, 11) is -1.53. The summed E-state index contributed by atoms with van der Waals surface area (Å²) in [6, 6.07) is -0.0662. The predicted molar refractivity (Wildman–Crippen MR) is 70.7 cm³/mol. The minimum Gasteiger partial charge on any atom is -0.385 e. The SMILES string of the molecule is CCCNCCCS(=O)(=O)NC(C)CCOC. The van der Waals surface area contributed by atoms with Crippen molar-refractivity contribution >= 4 is 10.0 Å². The van der Waals surface area contributed by atoms with Crippen molar-refractivity contribution in [3.05, 3.63) is 0 Å². The van der Waals surface area contributed by atoms with Gasteiger partial charge < -0.3 is 10.1 Å². The molecule has 17 heavy (non-hydrogen) atoms. The third-order valence-corrected chi connectivity index (χ3v) is 3.92. The first kappa shape index (κ1) is 16.8. The predicted octanol–water partition coefficient (Wildman–Crippen LogP) is 0.721. The molecule has 5 nitrogen and oxygen atoms in total. The van der Waals surface area contributed by atoms with Crippen LogP contribution in [0, 0.1) is 0 Å². The average molecular weight is 266 g/mol. The third kappa shape index (κ3) is 10.7. The summed E-state index contributed by atoms with van der Waals surface area (Å²) in [5.74, 6) is 0.182. The van der Waals surface area contributed by atoms with Crippen molar-refractivity contribution < 1.29 is 13.2 Å². The Labute approximate surface area is 105 Å². The quantitative estimate of drug-likeness (QED) is 0.541. The number of rotatable bonds is 11. The van der Waals surface area contributed by atoms with E-state index in [-0.39, 0.29) is 11.8 Å². The van der Waals surface area contributed by atoms with Gasteiger partial charge in [-0.3, -0.25) is 0 Å². The highest BCUT2D eigenvalue weighted by Gasteiger charge is 2.13. The average Bonchev–Trinajstić information content (AvgIpc) is 2.25. The number of methoxy groups -OCH3 is 1. The van der Waals surface area contributed by atoms with Gasteiger partial charge in [0.1, 0.15) is 0 Å². The molecule has 1 unspecified atom stereocenters. The van der Waals surface area contributed by atoms with Gasteiger partial charge in [-0.1, -0.05) is 6.92 Å². The second-order valence-corrected chi connectivity index (χ2v) is 6.10. The van der Waals surface area contributed by atoms with Gasteiger partial charge in [-0.2, -0.15) is 0 Å². The Hall–Kier alpha value is -0.170. The lowest BCUT2D eigenvalue weighted by Crippen LogP contribution is -2.35. The molecule has 0 radical (unpaired) electrons. The zero-order valence-corrected chi connectivity index (χ0v) is 12.0. The van der Waals surface area contributed by atoms with Crippen LogP contribution in [0.15, 0.2) is 0 Å². The molecule has 0 aliphatic carbocycles. The van der Waals surface area contributed by atoms with E-state index in [2.05, 4.69) is 17.0 Å². The maximum absolute atomic E-state index is 11.7. The fourth-order valence-electron chi connectivity index (χ4n) is 1.41. The Morgan fingerprint density at radius 3 is 2.59 bits per heavy atom. The lowest BCUT2D eigenvalue weighted by Gasteiger charge is -2.13. The number of hydrogen-bond acceptors (Lipinski definition) is 4. The summed E-state index contributed by atoms with van der Waals surface area (Å²) in [5, 5.41) is 3.18. The summed E-state index contributed by atoms with van der Waals surface area (Å²) in [6.45, 7) is 6.20. The number of nitrogens with one attached hydrogen (secondary N) is 2. The van der Waals surface area contributed by atoms with Crippen molar-refractivity contribution in [3.63, 3.8) is 0 Å². The Morgan fingerprint density at radius 2 is 2.00 bits per heavy atom. The van der Waals surface area contributed by atoms with Crippen LogP contribution in [0.5, 0.6) is 0 Å². The van der Waals surface area contributed by atoms with Crippen LogP contribution in [0.3, 0.4) is 0 Å². The molecule has 0 heterocycles. The van der Waals surface area contributed by atoms with Crippen molar-refractivity contribution in [2.24, 2.45) is 0 Å². The molecule has 2 N–H and O–H groups in total. The van der Waals surface area contributed by atoms with E-state index in [0.717, 1.165) is 19.5 Å². The molecule has 0 saturated carbocycles. The summed E-state index contributed by atoms with van der Waals surface area (Å²) < 4.78 is 30.9. The monoisotopic (exact) mass is 266 g/mol. The molecule has 0 fully saturated rings. The number of ether oxygens (including phenoxy) is 1. The highest BCUT2D eigenvalue weighted by atomic mass is 32.2. The topological polar surface area (TPSA) is 67.4 Å². The van der Waals surface area contributed by atoms with Crippen LogP contribution in [0.25, 0.3) is 0 Å². The molecule has 104 valence electrons. The highest BCUT2D eigenvalue weighted by molar-refractivity contribution is 7.89. The first-order valence-electron chi connectivity index (χ1n) is 6.21. The molecule has 0 aliphatic heterocycles. The molecule has 0 aromatic heterocycles. The number of sulfonamides is 1. The van der Waals surface area contributed by atoms with E-state index in [1.165, 1.54) is 0 Å². The summed E-state index contributed by atoms with van der Waals surface area (Å²) in [4.78, 5) is 0. The molecule has 6 heteroatoms. The van der Waals surface area contributed by atoms with Crippen molar-refractivity contribution in [1.29, 1.82) is 0 Å². The largest absolute Gasteiger partial charge is 0.385 e. The lowest BCUT2D eigenvalue weighted by atomic mass is 10.3. The van der Waals surface area contributed by atoms with E-state index >= 15 is 0 Å². The van der Waals surface area contributed by atoms with Crippen molar-refractivity contribution in [1.82, 2.24) is 10.0 Å². The zero-order chi connectivity index (χ0) is 13.1. The van der Waals surface area contributed by atoms with Crippen LogP contribution in [0.2, 0.25) is 0 Å². The minimum absolute atomic E-state index is 0.0662. The smallest absolute Gasteiger partial charge is 0.211 e. The molecule has 0 spiro atoms. The van der Waals surface area contributed by atoms with Crippen LogP contribution >= 0.6 is 0 Å². The van der Waals surface area contributed by atoms with Crippen LogP contribution in [0.1, 0.15) is 33.1 Å². The Kier molecular flexibility index (Phi) is 9.72. The Balaban J connectivity index is 3.72. The maximum atomic E-state index is 11.7. The second-order valence-electron chi connectivity index (χ2n) is 4.22. The first-order chi connectivity index (χ1) is 8.02. The van der Waals surface area contributed by atoms with Crippen LogP contribution in [-0.2, 0) is 14.8 Å². The molecule has 0 saturated heterocycles. The van der Waals surface area contributed by atoms with E-state index in [0.29, 0.717) is 19.4 Å². The molecule has 0 aliphatic rings. The summed E-state index contributed by atoms with van der Waals surface area (Å²) >= 11 is 0. The summed E-state index contributed by atoms with van der Waals surface area (Å²) in [6.07, 6.45) is 2.41. The molecular weight excluding hydrogens is 240 g/mol. The molecule has 0 bridgehead atoms. The van der Waals surface area contributed by atoms with E-state index in [1.807, 2.05) is 6.92 Å². The lowest BCUT2D eigenvalue weighted by molar-refractivity contribution is 0.188. The van der Waals surface area contributed by atoms with E-state index < -0.39 is 10.0 Å². The third-order valence-electron chi connectivity index (χ3n) is 2.33. The minimum atomic E-state index is -3.14. The van der Waals surface area contributed by atoms with Crippen molar-refractivity contribution in [2.75, 3.05) is 32.6 Å². The number of hydrogen-bond donors (Lipinski definition) is 2. The second kappa shape index (κ2) is 9.82.